The van der Waals surface area contributed by atoms with Crippen LogP contribution in [0.15, 0.2) is 72.8 Å². The van der Waals surface area contributed by atoms with Crippen LogP contribution in [0.3, 0.4) is 0 Å². The Bertz CT molecular complexity index is 1230. The largest absolute Gasteiger partial charge is 0.506 e. The highest BCUT2D eigenvalue weighted by Crippen LogP contribution is 2.33. The number of hydrogen-bond acceptors (Lipinski definition) is 4. The van der Waals surface area contributed by atoms with Gasteiger partial charge in [-0.2, -0.15) is 0 Å². The molecule has 0 bridgehead atoms. The molecular weight excluding hydrogens is 356 g/mol. The van der Waals surface area contributed by atoms with Crippen LogP contribution in [0.1, 0.15) is 15.9 Å². The van der Waals surface area contributed by atoms with E-state index in [0.717, 1.165) is 10.8 Å². The number of benzene rings is 4. The molecule has 0 saturated heterocycles. The predicted molar refractivity (Wildman–Crippen MR) is 106 cm³/mol. The molecule has 28 heavy (non-hydrogen) atoms. The Hall–Kier alpha value is -3.86. The van der Waals surface area contributed by atoms with Crippen molar-refractivity contribution in [2.24, 2.45) is 0 Å². The first-order chi connectivity index (χ1) is 13.5. The van der Waals surface area contributed by atoms with Gasteiger partial charge >= 0.3 is 11.9 Å². The number of aromatic hydroxyl groups is 1. The van der Waals surface area contributed by atoms with Crippen molar-refractivity contribution in [3.05, 3.63) is 83.9 Å². The maximum absolute atomic E-state index is 12.8. The second-order valence-electron chi connectivity index (χ2n) is 6.42. The standard InChI is InChI=1S/C23H16O5/c24-20(25)13-16-10-9-15-6-2-4-8-18(15)22(16)28-23(27)19-12-11-14-5-1-3-7-17(14)21(19)26/h1-12,26H,13H2,(H,24,25). The first-order valence-electron chi connectivity index (χ1n) is 8.70. The average molecular weight is 372 g/mol. The van der Waals surface area contributed by atoms with Gasteiger partial charge in [-0.3, -0.25) is 4.79 Å². The highest BCUT2D eigenvalue weighted by atomic mass is 16.5. The third-order valence-electron chi connectivity index (χ3n) is 4.62. The molecule has 4 aromatic rings. The van der Waals surface area contributed by atoms with Crippen LogP contribution in [0, 0.1) is 0 Å². The number of carboxylic acids is 1. The maximum Gasteiger partial charge on any atom is 0.347 e. The van der Waals surface area contributed by atoms with Crippen LogP contribution in [0.25, 0.3) is 21.5 Å². The summed E-state index contributed by atoms with van der Waals surface area (Å²) in [4.78, 5) is 24.1. The monoisotopic (exact) mass is 372 g/mol. The number of ether oxygens (including phenoxy) is 1. The number of rotatable bonds is 4. The molecule has 5 nitrogen and oxygen atoms in total. The van der Waals surface area contributed by atoms with Gasteiger partial charge in [0.2, 0.25) is 0 Å². The van der Waals surface area contributed by atoms with E-state index in [9.17, 15) is 19.8 Å². The molecule has 0 radical (unpaired) electrons. The first kappa shape index (κ1) is 17.5. The molecule has 0 amide bonds. The van der Waals surface area contributed by atoms with E-state index in [1.165, 1.54) is 6.07 Å². The minimum atomic E-state index is -1.03. The number of fused-ring (bicyclic) bond motifs is 2. The minimum Gasteiger partial charge on any atom is -0.506 e. The quantitative estimate of drug-likeness (QED) is 0.406. The molecule has 4 aromatic carbocycles. The predicted octanol–water partition coefficient (Wildman–Crippen LogP) is 4.54. The summed E-state index contributed by atoms with van der Waals surface area (Å²) in [6.07, 6.45) is -0.281. The Morgan fingerprint density at radius 2 is 1.39 bits per heavy atom. The van der Waals surface area contributed by atoms with Gasteiger partial charge < -0.3 is 14.9 Å². The zero-order chi connectivity index (χ0) is 19.7. The van der Waals surface area contributed by atoms with E-state index >= 15 is 0 Å². The van der Waals surface area contributed by atoms with E-state index in [0.29, 0.717) is 16.3 Å². The van der Waals surface area contributed by atoms with Gasteiger partial charge in [-0.15, -0.1) is 0 Å². The summed E-state index contributed by atoms with van der Waals surface area (Å²) in [5.41, 5.74) is 0.410. The number of phenolic OH excluding ortho intramolecular Hbond substituents is 1. The summed E-state index contributed by atoms with van der Waals surface area (Å²) in [6.45, 7) is 0. The van der Waals surface area contributed by atoms with Crippen molar-refractivity contribution in [3.63, 3.8) is 0 Å². The SMILES string of the molecule is O=C(O)Cc1ccc2ccccc2c1OC(=O)c1ccc2ccccc2c1O. The zero-order valence-electron chi connectivity index (χ0n) is 14.8. The number of hydrogen-bond donors (Lipinski definition) is 2. The number of carbonyl (C=O) groups excluding carboxylic acids is 1. The van der Waals surface area contributed by atoms with Gasteiger partial charge in [0.15, 0.2) is 0 Å². The Morgan fingerprint density at radius 3 is 2.11 bits per heavy atom. The Morgan fingerprint density at radius 1 is 0.786 bits per heavy atom. The lowest BCUT2D eigenvalue weighted by molar-refractivity contribution is -0.136. The molecule has 0 unspecified atom stereocenters. The van der Waals surface area contributed by atoms with Crippen LogP contribution in [0.5, 0.6) is 11.5 Å². The van der Waals surface area contributed by atoms with Gasteiger partial charge in [-0.1, -0.05) is 66.7 Å². The molecule has 0 aromatic heterocycles. The van der Waals surface area contributed by atoms with Crippen LogP contribution in [-0.2, 0) is 11.2 Å². The van der Waals surface area contributed by atoms with Crippen molar-refractivity contribution in [3.8, 4) is 11.5 Å². The molecule has 2 N–H and O–H groups in total. The van der Waals surface area contributed by atoms with Gasteiger partial charge in [0.25, 0.3) is 0 Å². The second kappa shape index (κ2) is 7.04. The van der Waals surface area contributed by atoms with E-state index in [1.54, 1.807) is 42.5 Å². The number of phenols is 1. The van der Waals surface area contributed by atoms with Crippen LogP contribution in [0.2, 0.25) is 0 Å². The van der Waals surface area contributed by atoms with Crippen molar-refractivity contribution < 1.29 is 24.5 Å². The number of esters is 1. The van der Waals surface area contributed by atoms with Crippen molar-refractivity contribution >= 4 is 33.5 Å². The van der Waals surface area contributed by atoms with Crippen molar-refractivity contribution in [2.75, 3.05) is 0 Å². The van der Waals surface area contributed by atoms with E-state index in [4.69, 9.17) is 4.74 Å². The number of aliphatic carboxylic acids is 1. The van der Waals surface area contributed by atoms with Crippen LogP contribution < -0.4 is 4.74 Å². The lowest BCUT2D eigenvalue weighted by Gasteiger charge is -2.13. The third kappa shape index (κ3) is 3.14. The van der Waals surface area contributed by atoms with E-state index in [-0.39, 0.29) is 23.5 Å². The lowest BCUT2D eigenvalue weighted by Crippen LogP contribution is -2.12. The molecule has 0 aliphatic carbocycles. The summed E-state index contributed by atoms with van der Waals surface area (Å²) in [5.74, 6) is -1.74. The topological polar surface area (TPSA) is 83.8 Å². The van der Waals surface area contributed by atoms with E-state index in [1.807, 2.05) is 24.3 Å². The van der Waals surface area contributed by atoms with E-state index in [2.05, 4.69) is 0 Å². The fourth-order valence-electron chi connectivity index (χ4n) is 3.28. The number of carbonyl (C=O) groups is 2. The first-order valence-corrected chi connectivity index (χ1v) is 8.70. The van der Waals surface area contributed by atoms with E-state index < -0.39 is 11.9 Å². The van der Waals surface area contributed by atoms with Crippen LogP contribution in [-0.4, -0.2) is 22.2 Å². The number of carboxylic acid groups (broad SMARTS) is 1. The molecule has 0 saturated carbocycles. The molecule has 0 fully saturated rings. The molecule has 0 aliphatic rings. The normalized spacial score (nSPS) is 10.9. The fourth-order valence-corrected chi connectivity index (χ4v) is 3.28. The van der Waals surface area contributed by atoms with Gasteiger partial charge in [0.1, 0.15) is 17.1 Å². The Balaban J connectivity index is 1.80. The molecule has 0 spiro atoms. The average Bonchev–Trinajstić information content (AvgIpc) is 2.70. The highest BCUT2D eigenvalue weighted by Gasteiger charge is 2.20. The van der Waals surface area contributed by atoms with Crippen LogP contribution in [0.4, 0.5) is 0 Å². The molecule has 0 atom stereocenters. The van der Waals surface area contributed by atoms with Gasteiger partial charge in [-0.05, 0) is 16.8 Å². The molecule has 5 heteroatoms. The van der Waals surface area contributed by atoms with Crippen LogP contribution >= 0.6 is 0 Å². The van der Waals surface area contributed by atoms with Gasteiger partial charge in [0, 0.05) is 16.3 Å². The van der Waals surface area contributed by atoms with Gasteiger partial charge in [0.05, 0.1) is 6.42 Å². The smallest absolute Gasteiger partial charge is 0.347 e. The Labute approximate surface area is 160 Å². The maximum atomic E-state index is 12.8. The third-order valence-corrected chi connectivity index (χ3v) is 4.62. The lowest BCUT2D eigenvalue weighted by atomic mass is 10.0. The zero-order valence-corrected chi connectivity index (χ0v) is 14.8. The molecule has 138 valence electrons. The molecular formula is C23H16O5. The summed E-state index contributed by atoms with van der Waals surface area (Å²) in [5, 5.41) is 22.5. The molecule has 4 rings (SSSR count). The fraction of sp³-hybridized carbons (Fsp3) is 0.0435. The summed E-state index contributed by atoms with van der Waals surface area (Å²) < 4.78 is 5.61. The van der Waals surface area contributed by atoms with Crippen molar-refractivity contribution in [1.29, 1.82) is 0 Å². The summed E-state index contributed by atoms with van der Waals surface area (Å²) in [6, 6.07) is 21.1. The molecule has 0 aliphatic heterocycles. The Kier molecular flexibility index (Phi) is 4.41. The summed E-state index contributed by atoms with van der Waals surface area (Å²) in [7, 11) is 0. The second-order valence-corrected chi connectivity index (χ2v) is 6.42. The van der Waals surface area contributed by atoms with Crippen molar-refractivity contribution in [1.82, 2.24) is 0 Å². The van der Waals surface area contributed by atoms with Crippen molar-refractivity contribution in [2.45, 2.75) is 6.42 Å². The minimum absolute atomic E-state index is 0.0212. The molecule has 0 heterocycles. The highest BCUT2D eigenvalue weighted by molar-refractivity contribution is 6.03. The summed E-state index contributed by atoms with van der Waals surface area (Å²) >= 11 is 0. The van der Waals surface area contributed by atoms with Gasteiger partial charge in [-0.25, -0.2) is 4.79 Å².